The van der Waals surface area contributed by atoms with Crippen LogP contribution in [0.1, 0.15) is 10.4 Å². The minimum absolute atomic E-state index is 0.400. The Morgan fingerprint density at radius 2 is 2.38 bits per heavy atom. The lowest BCUT2D eigenvalue weighted by atomic mass is 10.1. The van der Waals surface area contributed by atoms with Gasteiger partial charge in [0.25, 0.3) is 0 Å². The van der Waals surface area contributed by atoms with Gasteiger partial charge in [-0.1, -0.05) is 11.2 Å². The fourth-order valence-corrected chi connectivity index (χ4v) is 1.16. The maximum Gasteiger partial charge on any atom is 0.341 e. The van der Waals surface area contributed by atoms with Crippen molar-refractivity contribution in [1.29, 1.82) is 0 Å². The predicted molar refractivity (Wildman–Crippen MR) is 45.3 cm³/mol. The molecule has 0 atom stereocenters. The van der Waals surface area contributed by atoms with Gasteiger partial charge in [-0.25, -0.2) is 4.79 Å². The van der Waals surface area contributed by atoms with Gasteiger partial charge in [0.15, 0.2) is 5.58 Å². The average molecular weight is 177 g/mol. The molecule has 2 aromatic rings. The maximum atomic E-state index is 11.2. The Hall–Kier alpha value is -1.84. The van der Waals surface area contributed by atoms with E-state index in [4.69, 9.17) is 4.52 Å². The molecule has 0 spiro atoms. The molecular weight excluding hydrogens is 170 g/mol. The first kappa shape index (κ1) is 7.79. The normalized spacial score (nSPS) is 10.2. The summed E-state index contributed by atoms with van der Waals surface area (Å²) in [4.78, 5) is 11.2. The summed E-state index contributed by atoms with van der Waals surface area (Å²) in [5.41, 5.74) is 0.867. The first-order valence-electron chi connectivity index (χ1n) is 3.74. The summed E-state index contributed by atoms with van der Waals surface area (Å²) in [6, 6.07) is 5.21. The van der Waals surface area contributed by atoms with Crippen LogP contribution < -0.4 is 0 Å². The van der Waals surface area contributed by atoms with Gasteiger partial charge >= 0.3 is 5.97 Å². The van der Waals surface area contributed by atoms with Crippen LogP contribution in [0, 0.1) is 0 Å². The zero-order valence-corrected chi connectivity index (χ0v) is 6.98. The first-order chi connectivity index (χ1) is 6.33. The zero-order valence-electron chi connectivity index (χ0n) is 6.98. The molecule has 0 aliphatic carbocycles. The van der Waals surface area contributed by atoms with E-state index in [1.54, 1.807) is 18.3 Å². The van der Waals surface area contributed by atoms with Crippen molar-refractivity contribution in [2.75, 3.05) is 7.11 Å². The smallest absolute Gasteiger partial charge is 0.341 e. The van der Waals surface area contributed by atoms with Gasteiger partial charge in [-0.15, -0.1) is 0 Å². The van der Waals surface area contributed by atoms with Crippen LogP contribution in [0.4, 0.5) is 0 Å². The van der Waals surface area contributed by atoms with E-state index < -0.39 is 5.97 Å². The standard InChI is InChI=1S/C9H7NO3/c1-12-9(11)7-4-2-3-6-5-10-13-8(6)7/h2-5H,1H3. The average Bonchev–Trinajstić information content (AvgIpc) is 2.63. The molecule has 0 bridgehead atoms. The SMILES string of the molecule is COC(=O)c1cccc2cnoc12. The maximum absolute atomic E-state index is 11.2. The van der Waals surface area contributed by atoms with Gasteiger partial charge in [0, 0.05) is 5.39 Å². The van der Waals surface area contributed by atoms with Crippen LogP contribution in [0.5, 0.6) is 0 Å². The molecule has 1 heterocycles. The van der Waals surface area contributed by atoms with Crippen LogP contribution in [0.3, 0.4) is 0 Å². The number of ether oxygens (including phenoxy) is 1. The highest BCUT2D eigenvalue weighted by Crippen LogP contribution is 2.18. The lowest BCUT2D eigenvalue weighted by molar-refractivity contribution is 0.0601. The Labute approximate surface area is 74.1 Å². The molecule has 2 rings (SSSR count). The van der Waals surface area contributed by atoms with E-state index in [2.05, 4.69) is 9.89 Å². The Morgan fingerprint density at radius 3 is 3.15 bits per heavy atom. The van der Waals surface area contributed by atoms with Crippen molar-refractivity contribution in [2.24, 2.45) is 0 Å². The fourth-order valence-electron chi connectivity index (χ4n) is 1.16. The summed E-state index contributed by atoms with van der Waals surface area (Å²) in [5, 5.41) is 4.39. The second-order valence-corrected chi connectivity index (χ2v) is 2.54. The van der Waals surface area contributed by atoms with Gasteiger partial charge in [0.1, 0.15) is 5.56 Å². The van der Waals surface area contributed by atoms with Crippen molar-refractivity contribution < 1.29 is 14.1 Å². The third-order valence-electron chi connectivity index (χ3n) is 1.79. The summed E-state index contributed by atoms with van der Waals surface area (Å²) < 4.78 is 9.51. The van der Waals surface area contributed by atoms with E-state index in [-0.39, 0.29) is 0 Å². The Morgan fingerprint density at radius 1 is 1.54 bits per heavy atom. The summed E-state index contributed by atoms with van der Waals surface area (Å²) in [6.07, 6.45) is 1.56. The number of nitrogens with zero attached hydrogens (tertiary/aromatic N) is 1. The van der Waals surface area contributed by atoms with Crippen LogP contribution in [-0.2, 0) is 4.74 Å². The number of hydrogen-bond donors (Lipinski definition) is 0. The second-order valence-electron chi connectivity index (χ2n) is 2.54. The molecule has 1 aromatic heterocycles. The van der Waals surface area contributed by atoms with E-state index in [0.717, 1.165) is 5.39 Å². The van der Waals surface area contributed by atoms with E-state index in [9.17, 15) is 4.79 Å². The number of rotatable bonds is 1. The number of carbonyl (C=O) groups excluding carboxylic acids is 1. The Kier molecular flexibility index (Phi) is 1.73. The minimum atomic E-state index is -0.414. The van der Waals surface area contributed by atoms with E-state index >= 15 is 0 Å². The topological polar surface area (TPSA) is 52.3 Å². The largest absolute Gasteiger partial charge is 0.465 e. The summed E-state index contributed by atoms with van der Waals surface area (Å²) >= 11 is 0. The third-order valence-corrected chi connectivity index (χ3v) is 1.79. The summed E-state index contributed by atoms with van der Waals surface area (Å²) in [7, 11) is 1.33. The molecule has 0 aliphatic heterocycles. The van der Waals surface area contributed by atoms with E-state index in [1.807, 2.05) is 6.07 Å². The molecule has 0 radical (unpaired) electrons. The van der Waals surface area contributed by atoms with Crippen LogP contribution in [-0.4, -0.2) is 18.2 Å². The van der Waals surface area contributed by atoms with Gasteiger partial charge in [0.2, 0.25) is 0 Å². The Bertz CT molecular complexity index is 447. The van der Waals surface area contributed by atoms with Crippen molar-refractivity contribution in [3.63, 3.8) is 0 Å². The number of hydrogen-bond acceptors (Lipinski definition) is 4. The first-order valence-corrected chi connectivity index (χ1v) is 3.74. The van der Waals surface area contributed by atoms with Crippen LogP contribution in [0.25, 0.3) is 11.0 Å². The number of benzene rings is 1. The summed E-state index contributed by atoms with van der Waals surface area (Å²) in [6.45, 7) is 0. The molecule has 0 aliphatic rings. The van der Waals surface area contributed by atoms with Crippen LogP contribution in [0.2, 0.25) is 0 Å². The van der Waals surface area contributed by atoms with Crippen molar-refractivity contribution >= 4 is 16.9 Å². The molecule has 66 valence electrons. The molecule has 0 unspecified atom stereocenters. The van der Waals surface area contributed by atoms with Gasteiger partial charge in [-0.3, -0.25) is 0 Å². The predicted octanol–water partition coefficient (Wildman–Crippen LogP) is 1.61. The monoisotopic (exact) mass is 177 g/mol. The number of carbonyl (C=O) groups is 1. The molecular formula is C9H7NO3. The Balaban J connectivity index is 2.67. The molecule has 0 saturated carbocycles. The molecule has 0 N–H and O–H groups in total. The highest BCUT2D eigenvalue weighted by atomic mass is 16.5. The van der Waals surface area contributed by atoms with Gasteiger partial charge in [0.05, 0.1) is 13.3 Å². The number of fused-ring (bicyclic) bond motifs is 1. The van der Waals surface area contributed by atoms with Crippen molar-refractivity contribution in [1.82, 2.24) is 5.16 Å². The van der Waals surface area contributed by atoms with Crippen LogP contribution in [0.15, 0.2) is 28.9 Å². The number of aromatic nitrogens is 1. The molecule has 4 nitrogen and oxygen atoms in total. The van der Waals surface area contributed by atoms with Gasteiger partial charge < -0.3 is 9.26 Å². The van der Waals surface area contributed by atoms with Crippen LogP contribution >= 0.6 is 0 Å². The lowest BCUT2D eigenvalue weighted by Gasteiger charge is -1.97. The molecule has 4 heteroatoms. The molecule has 0 saturated heterocycles. The molecule has 1 aromatic carbocycles. The second kappa shape index (κ2) is 2.90. The van der Waals surface area contributed by atoms with Gasteiger partial charge in [-0.2, -0.15) is 0 Å². The van der Waals surface area contributed by atoms with Crippen molar-refractivity contribution in [2.45, 2.75) is 0 Å². The number of para-hydroxylation sites is 1. The fraction of sp³-hybridized carbons (Fsp3) is 0.111. The highest BCUT2D eigenvalue weighted by molar-refractivity contribution is 6.01. The minimum Gasteiger partial charge on any atom is -0.465 e. The third kappa shape index (κ3) is 1.16. The lowest BCUT2D eigenvalue weighted by Crippen LogP contribution is -2.00. The molecule has 13 heavy (non-hydrogen) atoms. The van der Waals surface area contributed by atoms with Crippen molar-refractivity contribution in [3.8, 4) is 0 Å². The number of esters is 1. The van der Waals surface area contributed by atoms with Gasteiger partial charge in [-0.05, 0) is 12.1 Å². The van der Waals surface area contributed by atoms with Crippen molar-refractivity contribution in [3.05, 3.63) is 30.0 Å². The van der Waals surface area contributed by atoms with E-state index in [1.165, 1.54) is 7.11 Å². The number of methoxy groups -OCH3 is 1. The zero-order chi connectivity index (χ0) is 9.26. The molecule has 0 amide bonds. The summed E-state index contributed by atoms with van der Waals surface area (Å²) in [5.74, 6) is -0.414. The quantitative estimate of drug-likeness (QED) is 0.621. The molecule has 0 fully saturated rings. The van der Waals surface area contributed by atoms with E-state index in [0.29, 0.717) is 11.1 Å². The highest BCUT2D eigenvalue weighted by Gasteiger charge is 2.12.